The molecule has 3 aromatic rings. The molecule has 2 N–H and O–H groups in total. The fraction of sp³-hybridized carbons (Fsp3) is 0.190. The second-order valence-corrected chi connectivity index (χ2v) is 6.38. The van der Waals surface area contributed by atoms with Crippen LogP contribution < -0.4 is 10.6 Å². The molecule has 0 aliphatic carbocycles. The summed E-state index contributed by atoms with van der Waals surface area (Å²) in [6.07, 6.45) is 3.06. The number of rotatable bonds is 5. The second kappa shape index (κ2) is 7.78. The molecule has 0 saturated carbocycles. The molecular formula is C21H22N4O. The van der Waals surface area contributed by atoms with Crippen molar-refractivity contribution in [3.05, 3.63) is 82.8 Å². The maximum Gasteiger partial charge on any atom is 0.275 e. The Morgan fingerprint density at radius 2 is 1.81 bits per heavy atom. The Morgan fingerprint density at radius 1 is 0.962 bits per heavy atom. The third-order valence-corrected chi connectivity index (χ3v) is 4.21. The van der Waals surface area contributed by atoms with Crippen molar-refractivity contribution in [3.63, 3.8) is 0 Å². The molecule has 0 bridgehead atoms. The first-order valence-electron chi connectivity index (χ1n) is 8.51. The van der Waals surface area contributed by atoms with E-state index >= 15 is 0 Å². The molecule has 0 radical (unpaired) electrons. The van der Waals surface area contributed by atoms with Crippen LogP contribution in [0.25, 0.3) is 0 Å². The molecule has 0 saturated heterocycles. The summed E-state index contributed by atoms with van der Waals surface area (Å²) in [5.41, 5.74) is 5.74. The highest BCUT2D eigenvalue weighted by Gasteiger charge is 2.09. The van der Waals surface area contributed by atoms with Gasteiger partial charge >= 0.3 is 0 Å². The molecule has 1 amide bonds. The van der Waals surface area contributed by atoms with Crippen LogP contribution >= 0.6 is 0 Å². The van der Waals surface area contributed by atoms with Crippen molar-refractivity contribution in [2.24, 2.45) is 0 Å². The van der Waals surface area contributed by atoms with Gasteiger partial charge in [-0.2, -0.15) is 0 Å². The van der Waals surface area contributed by atoms with Crippen LogP contribution in [-0.2, 0) is 6.54 Å². The summed E-state index contributed by atoms with van der Waals surface area (Å²) in [6, 6.07) is 14.1. The van der Waals surface area contributed by atoms with Crippen molar-refractivity contribution in [2.45, 2.75) is 27.3 Å². The van der Waals surface area contributed by atoms with Gasteiger partial charge in [0.05, 0.1) is 12.4 Å². The van der Waals surface area contributed by atoms with E-state index in [2.05, 4.69) is 45.7 Å². The Balaban J connectivity index is 1.61. The van der Waals surface area contributed by atoms with Gasteiger partial charge in [0.25, 0.3) is 5.91 Å². The molecule has 1 aromatic heterocycles. The third-order valence-electron chi connectivity index (χ3n) is 4.21. The molecule has 5 nitrogen and oxygen atoms in total. The number of nitrogens with zero attached hydrogens (tertiary/aromatic N) is 2. The predicted octanol–water partition coefficient (Wildman–Crippen LogP) is 4.27. The molecule has 2 aromatic carbocycles. The zero-order valence-corrected chi connectivity index (χ0v) is 15.2. The normalized spacial score (nSPS) is 10.4. The number of anilines is 2. The molecule has 0 aliphatic rings. The van der Waals surface area contributed by atoms with Gasteiger partial charge in [0.15, 0.2) is 0 Å². The van der Waals surface area contributed by atoms with Crippen LogP contribution in [0.1, 0.15) is 32.7 Å². The number of aromatic nitrogens is 2. The van der Waals surface area contributed by atoms with E-state index in [-0.39, 0.29) is 11.6 Å². The number of aryl methyl sites for hydroxylation is 3. The van der Waals surface area contributed by atoms with E-state index < -0.39 is 0 Å². The standard InChI is InChI=1S/C21H22N4O/c1-14-5-4-6-17(9-14)11-23-20-13-22-19(12-24-20)21(26)25-18-8-7-15(2)16(3)10-18/h4-10,12-13H,11H2,1-3H3,(H,23,24)(H,25,26). The van der Waals surface area contributed by atoms with Crippen LogP contribution in [0.15, 0.2) is 54.9 Å². The molecule has 26 heavy (non-hydrogen) atoms. The van der Waals surface area contributed by atoms with E-state index in [0.29, 0.717) is 12.4 Å². The molecule has 0 fully saturated rings. The van der Waals surface area contributed by atoms with Gasteiger partial charge in [0.2, 0.25) is 0 Å². The summed E-state index contributed by atoms with van der Waals surface area (Å²) < 4.78 is 0. The highest BCUT2D eigenvalue weighted by Crippen LogP contribution is 2.15. The number of nitrogens with one attached hydrogen (secondary N) is 2. The maximum atomic E-state index is 12.3. The lowest BCUT2D eigenvalue weighted by Gasteiger charge is -2.08. The lowest BCUT2D eigenvalue weighted by atomic mass is 10.1. The first-order chi connectivity index (χ1) is 12.5. The van der Waals surface area contributed by atoms with Gasteiger partial charge in [-0.05, 0) is 49.6 Å². The number of carbonyl (C=O) groups is 1. The van der Waals surface area contributed by atoms with Gasteiger partial charge < -0.3 is 10.6 Å². The van der Waals surface area contributed by atoms with Crippen LogP contribution in [0.5, 0.6) is 0 Å². The van der Waals surface area contributed by atoms with E-state index in [4.69, 9.17) is 0 Å². The fourth-order valence-corrected chi connectivity index (χ4v) is 2.57. The molecule has 3 rings (SSSR count). The first kappa shape index (κ1) is 17.6. The molecule has 1 heterocycles. The first-order valence-corrected chi connectivity index (χ1v) is 8.51. The van der Waals surface area contributed by atoms with E-state index in [1.165, 1.54) is 22.9 Å². The summed E-state index contributed by atoms with van der Waals surface area (Å²) in [7, 11) is 0. The minimum Gasteiger partial charge on any atom is -0.365 e. The van der Waals surface area contributed by atoms with Gasteiger partial charge in [0, 0.05) is 12.2 Å². The van der Waals surface area contributed by atoms with E-state index in [1.807, 2.05) is 38.1 Å². The van der Waals surface area contributed by atoms with Gasteiger partial charge in [-0.3, -0.25) is 4.79 Å². The predicted molar refractivity (Wildman–Crippen MR) is 104 cm³/mol. The fourth-order valence-electron chi connectivity index (χ4n) is 2.57. The Kier molecular flexibility index (Phi) is 5.27. The van der Waals surface area contributed by atoms with Crippen molar-refractivity contribution in [3.8, 4) is 0 Å². The van der Waals surface area contributed by atoms with Gasteiger partial charge in [0.1, 0.15) is 11.5 Å². The number of hydrogen-bond acceptors (Lipinski definition) is 4. The lowest BCUT2D eigenvalue weighted by Crippen LogP contribution is -2.14. The van der Waals surface area contributed by atoms with Gasteiger partial charge in [-0.1, -0.05) is 35.9 Å². The molecular weight excluding hydrogens is 324 g/mol. The van der Waals surface area contributed by atoms with Crippen LogP contribution in [-0.4, -0.2) is 15.9 Å². The van der Waals surface area contributed by atoms with Crippen LogP contribution in [0.2, 0.25) is 0 Å². The number of hydrogen-bond donors (Lipinski definition) is 2. The quantitative estimate of drug-likeness (QED) is 0.724. The van der Waals surface area contributed by atoms with E-state index in [9.17, 15) is 4.79 Å². The Hall–Kier alpha value is -3.21. The maximum absolute atomic E-state index is 12.3. The van der Waals surface area contributed by atoms with E-state index in [1.54, 1.807) is 6.20 Å². The summed E-state index contributed by atoms with van der Waals surface area (Å²) in [4.78, 5) is 20.8. The SMILES string of the molecule is Cc1cccc(CNc2cnc(C(=O)Nc3ccc(C)c(C)c3)cn2)c1. The largest absolute Gasteiger partial charge is 0.365 e. The summed E-state index contributed by atoms with van der Waals surface area (Å²) in [6.45, 7) is 6.77. The summed E-state index contributed by atoms with van der Waals surface area (Å²) in [5.74, 6) is 0.361. The van der Waals surface area contributed by atoms with Crippen molar-refractivity contribution < 1.29 is 4.79 Å². The molecule has 0 spiro atoms. The molecule has 0 unspecified atom stereocenters. The Labute approximate surface area is 153 Å². The van der Waals surface area contributed by atoms with Crippen molar-refractivity contribution in [1.82, 2.24) is 9.97 Å². The smallest absolute Gasteiger partial charge is 0.275 e. The van der Waals surface area contributed by atoms with Crippen LogP contribution in [0.3, 0.4) is 0 Å². The third kappa shape index (κ3) is 4.45. The summed E-state index contributed by atoms with van der Waals surface area (Å²) in [5, 5.41) is 6.06. The average Bonchev–Trinajstić information content (AvgIpc) is 2.63. The Bertz CT molecular complexity index is 920. The van der Waals surface area contributed by atoms with Crippen molar-refractivity contribution in [2.75, 3.05) is 10.6 Å². The zero-order valence-electron chi connectivity index (χ0n) is 15.2. The van der Waals surface area contributed by atoms with Crippen molar-refractivity contribution in [1.29, 1.82) is 0 Å². The van der Waals surface area contributed by atoms with E-state index in [0.717, 1.165) is 11.3 Å². The topological polar surface area (TPSA) is 66.9 Å². The van der Waals surface area contributed by atoms with Crippen molar-refractivity contribution >= 4 is 17.4 Å². The molecule has 132 valence electrons. The zero-order chi connectivity index (χ0) is 18.5. The number of benzene rings is 2. The summed E-state index contributed by atoms with van der Waals surface area (Å²) >= 11 is 0. The molecule has 0 atom stereocenters. The van der Waals surface area contributed by atoms with Crippen LogP contribution in [0.4, 0.5) is 11.5 Å². The Morgan fingerprint density at radius 3 is 2.50 bits per heavy atom. The van der Waals surface area contributed by atoms with Crippen LogP contribution in [0, 0.1) is 20.8 Å². The molecule has 5 heteroatoms. The monoisotopic (exact) mass is 346 g/mol. The lowest BCUT2D eigenvalue weighted by molar-refractivity contribution is 0.102. The highest BCUT2D eigenvalue weighted by molar-refractivity contribution is 6.02. The number of amides is 1. The minimum atomic E-state index is -0.272. The van der Waals surface area contributed by atoms with Gasteiger partial charge in [-0.25, -0.2) is 9.97 Å². The molecule has 0 aliphatic heterocycles. The number of carbonyl (C=O) groups excluding carboxylic acids is 1. The average molecular weight is 346 g/mol. The van der Waals surface area contributed by atoms with Gasteiger partial charge in [-0.15, -0.1) is 0 Å². The minimum absolute atomic E-state index is 0.272. The highest BCUT2D eigenvalue weighted by atomic mass is 16.1. The second-order valence-electron chi connectivity index (χ2n) is 6.38.